The predicted molar refractivity (Wildman–Crippen MR) is 172 cm³/mol. The predicted octanol–water partition coefficient (Wildman–Crippen LogP) is 5.72. The third-order valence-corrected chi connectivity index (χ3v) is 8.06. The lowest BCUT2D eigenvalue weighted by molar-refractivity contribution is -0.144. The minimum atomic E-state index is -0.695. The Morgan fingerprint density at radius 2 is 1.61 bits per heavy atom. The average molecular weight is 582 g/mol. The lowest BCUT2D eigenvalue weighted by Crippen LogP contribution is -2.52. The van der Waals surface area contributed by atoms with Gasteiger partial charge < -0.3 is 9.80 Å². The van der Waals surface area contributed by atoms with Gasteiger partial charge in [-0.3, -0.25) is 19.3 Å². The van der Waals surface area contributed by atoms with Gasteiger partial charge in [0.15, 0.2) is 0 Å². The topological polar surface area (TPSA) is 71.3 Å². The zero-order valence-corrected chi connectivity index (χ0v) is 24.8. The van der Waals surface area contributed by atoms with Crippen molar-refractivity contribution in [1.29, 1.82) is 0 Å². The monoisotopic (exact) mass is 581 g/mol. The Bertz CT molecular complexity index is 1750. The van der Waals surface area contributed by atoms with E-state index >= 15 is 0 Å². The molecule has 0 saturated heterocycles. The first kappa shape index (κ1) is 28.8. The molecule has 3 heterocycles. The molecule has 0 aliphatic carbocycles. The molecule has 0 radical (unpaired) electrons. The third-order valence-electron chi connectivity index (χ3n) is 8.06. The highest BCUT2D eigenvalue weighted by atomic mass is 16.2. The summed E-state index contributed by atoms with van der Waals surface area (Å²) < 4.78 is 1.70. The molecule has 1 atom stereocenters. The summed E-state index contributed by atoms with van der Waals surface area (Å²) in [4.78, 5) is 36.6. The van der Waals surface area contributed by atoms with Crippen molar-refractivity contribution in [3.8, 4) is 11.3 Å². The number of amides is 2. The second-order valence-corrected chi connectivity index (χ2v) is 11.1. The first-order valence-corrected chi connectivity index (χ1v) is 14.9. The fourth-order valence-corrected chi connectivity index (χ4v) is 5.69. The molecule has 5 aromatic rings. The van der Waals surface area contributed by atoms with Gasteiger partial charge in [0.2, 0.25) is 11.8 Å². The van der Waals surface area contributed by atoms with Crippen LogP contribution in [0.4, 0.5) is 0 Å². The maximum absolute atomic E-state index is 14.4. The summed E-state index contributed by atoms with van der Waals surface area (Å²) in [6.45, 7) is 1.43. The fourth-order valence-electron chi connectivity index (χ4n) is 5.69. The third kappa shape index (κ3) is 6.84. The highest BCUT2D eigenvalue weighted by Crippen LogP contribution is 2.24. The number of nitrogens with zero attached hydrogens (tertiary/aromatic N) is 5. The molecule has 3 aromatic carbocycles. The van der Waals surface area contributed by atoms with E-state index in [1.165, 1.54) is 11.6 Å². The minimum absolute atomic E-state index is 0.0481. The Kier molecular flexibility index (Phi) is 8.73. The van der Waals surface area contributed by atoms with Crippen molar-refractivity contribution < 1.29 is 9.59 Å². The standard InChI is InChI=1S/C37H35N5O2/c1-40-23-21-33(39-40)18-19-36(43)42(26-29-14-16-31(17-15-29)34-13-7-8-22-38-34)35(25-28-9-3-2-4-10-28)37(44)41-24-20-30-11-5-6-12-32(30)27-41/h2-19,21-23,35H,20,24-27H2,1H3/b19-18+/t35-/m0/s1. The van der Waals surface area contributed by atoms with E-state index in [-0.39, 0.29) is 18.4 Å². The molecule has 0 spiro atoms. The van der Waals surface area contributed by atoms with Gasteiger partial charge >= 0.3 is 0 Å². The summed E-state index contributed by atoms with van der Waals surface area (Å²) in [6.07, 6.45) is 8.05. The molecule has 1 aliphatic rings. The first-order valence-electron chi connectivity index (χ1n) is 14.9. The maximum atomic E-state index is 14.4. The Morgan fingerprint density at radius 3 is 2.34 bits per heavy atom. The van der Waals surface area contributed by atoms with Crippen LogP contribution in [0.25, 0.3) is 17.3 Å². The summed E-state index contributed by atoms with van der Waals surface area (Å²) >= 11 is 0. The molecule has 1 aliphatic heterocycles. The van der Waals surface area contributed by atoms with Crippen LogP contribution in [0.1, 0.15) is 27.9 Å². The van der Waals surface area contributed by atoms with Gasteiger partial charge in [-0.05, 0) is 52.9 Å². The maximum Gasteiger partial charge on any atom is 0.247 e. The van der Waals surface area contributed by atoms with Crippen LogP contribution in [0.5, 0.6) is 0 Å². The number of pyridine rings is 1. The molecule has 0 fully saturated rings. The second kappa shape index (κ2) is 13.3. The summed E-state index contributed by atoms with van der Waals surface area (Å²) in [5, 5.41) is 4.38. The number of rotatable bonds is 9. The van der Waals surface area contributed by atoms with Gasteiger partial charge in [-0.15, -0.1) is 0 Å². The molecule has 0 N–H and O–H groups in total. The molecular formula is C37H35N5O2. The van der Waals surface area contributed by atoms with Crippen molar-refractivity contribution in [3.63, 3.8) is 0 Å². The quantitative estimate of drug-likeness (QED) is 0.209. The Morgan fingerprint density at radius 1 is 0.864 bits per heavy atom. The Labute approximate surface area is 258 Å². The van der Waals surface area contributed by atoms with Crippen LogP contribution >= 0.6 is 0 Å². The number of benzene rings is 3. The number of fused-ring (bicyclic) bond motifs is 1. The molecular weight excluding hydrogens is 546 g/mol. The van der Waals surface area contributed by atoms with Crippen LogP contribution in [-0.2, 0) is 42.6 Å². The molecule has 6 rings (SSSR count). The summed E-state index contributed by atoms with van der Waals surface area (Å²) in [5.41, 5.74) is 6.91. The molecule has 44 heavy (non-hydrogen) atoms. The minimum Gasteiger partial charge on any atom is -0.336 e. The highest BCUT2D eigenvalue weighted by molar-refractivity contribution is 5.95. The summed E-state index contributed by atoms with van der Waals surface area (Å²) in [6, 6.07) is 33.2. The smallest absolute Gasteiger partial charge is 0.247 e. The van der Waals surface area contributed by atoms with Crippen molar-refractivity contribution in [2.75, 3.05) is 6.54 Å². The summed E-state index contributed by atoms with van der Waals surface area (Å²) in [7, 11) is 1.84. The van der Waals surface area contributed by atoms with Crippen molar-refractivity contribution in [1.82, 2.24) is 24.6 Å². The highest BCUT2D eigenvalue weighted by Gasteiger charge is 2.34. The van der Waals surface area contributed by atoms with Crippen LogP contribution in [0.2, 0.25) is 0 Å². The van der Waals surface area contributed by atoms with E-state index in [0.29, 0.717) is 25.2 Å². The first-order chi connectivity index (χ1) is 21.5. The van der Waals surface area contributed by atoms with Gasteiger partial charge in [-0.25, -0.2) is 0 Å². The second-order valence-electron chi connectivity index (χ2n) is 11.1. The van der Waals surface area contributed by atoms with E-state index in [4.69, 9.17) is 0 Å². The molecule has 2 aromatic heterocycles. The normalized spacial score (nSPS) is 13.4. The van der Waals surface area contributed by atoms with Gasteiger partial charge in [-0.2, -0.15) is 5.10 Å². The van der Waals surface area contributed by atoms with Crippen LogP contribution in [0.15, 0.2) is 122 Å². The van der Waals surface area contributed by atoms with Gasteiger partial charge in [0.05, 0.1) is 11.4 Å². The van der Waals surface area contributed by atoms with Gasteiger partial charge in [0, 0.05) is 57.1 Å². The van der Waals surface area contributed by atoms with Crippen LogP contribution < -0.4 is 0 Å². The van der Waals surface area contributed by atoms with Crippen LogP contribution in [0, 0.1) is 0 Å². The molecule has 0 saturated carbocycles. The number of carbonyl (C=O) groups excluding carboxylic acids is 2. The van der Waals surface area contributed by atoms with E-state index in [0.717, 1.165) is 34.4 Å². The molecule has 0 unspecified atom stereocenters. The molecule has 220 valence electrons. The van der Waals surface area contributed by atoms with E-state index in [9.17, 15) is 9.59 Å². The SMILES string of the molecule is Cn1ccc(/C=C/C(=O)N(Cc2ccc(-c3ccccn3)cc2)[C@@H](Cc2ccccc2)C(=O)N2CCc3ccccc3C2)n1. The van der Waals surface area contributed by atoms with Gasteiger partial charge in [-0.1, -0.05) is 84.9 Å². The van der Waals surface area contributed by atoms with E-state index in [1.807, 2.05) is 109 Å². The fraction of sp³-hybridized carbons (Fsp3) is 0.189. The Hall–Kier alpha value is -5.30. The van der Waals surface area contributed by atoms with Gasteiger partial charge in [0.1, 0.15) is 6.04 Å². The van der Waals surface area contributed by atoms with E-state index < -0.39 is 6.04 Å². The zero-order chi connectivity index (χ0) is 30.3. The lowest BCUT2D eigenvalue weighted by atomic mass is 9.97. The number of carbonyl (C=O) groups is 2. The molecule has 2 amide bonds. The average Bonchev–Trinajstić information content (AvgIpc) is 3.50. The molecule has 7 nitrogen and oxygen atoms in total. The van der Waals surface area contributed by atoms with Crippen molar-refractivity contribution in [2.45, 2.75) is 32.0 Å². The summed E-state index contributed by atoms with van der Waals surface area (Å²) in [5.74, 6) is -0.288. The van der Waals surface area contributed by atoms with Crippen LogP contribution in [0.3, 0.4) is 0 Å². The van der Waals surface area contributed by atoms with E-state index in [1.54, 1.807) is 21.9 Å². The van der Waals surface area contributed by atoms with Crippen LogP contribution in [-0.4, -0.2) is 49.0 Å². The molecule has 7 heteroatoms. The van der Waals surface area contributed by atoms with Crippen molar-refractivity contribution in [2.24, 2.45) is 7.05 Å². The zero-order valence-electron chi connectivity index (χ0n) is 24.8. The lowest BCUT2D eigenvalue weighted by Gasteiger charge is -2.37. The number of aryl methyl sites for hydroxylation is 1. The largest absolute Gasteiger partial charge is 0.336 e. The van der Waals surface area contributed by atoms with Crippen molar-refractivity contribution in [3.05, 3.63) is 150 Å². The van der Waals surface area contributed by atoms with Gasteiger partial charge in [0.25, 0.3) is 0 Å². The number of hydrogen-bond acceptors (Lipinski definition) is 4. The molecule has 0 bridgehead atoms. The van der Waals surface area contributed by atoms with Crippen molar-refractivity contribution >= 4 is 17.9 Å². The number of aromatic nitrogens is 3. The number of hydrogen-bond donors (Lipinski definition) is 0. The Balaban J connectivity index is 1.34. The van der Waals surface area contributed by atoms with E-state index in [2.05, 4.69) is 22.2 Å².